The van der Waals surface area contributed by atoms with Crippen LogP contribution >= 0.6 is 0 Å². The molecule has 0 aliphatic carbocycles. The SMILES string of the molecule is CCOC(=O)CC(C)=NNS(=O)(=O)c1ccc(Oc2ccc([N+](=O)[O-])cc2)cc1. The smallest absolute Gasteiger partial charge is 0.311 e. The fraction of sp³-hybridized carbons (Fsp3) is 0.222. The molecule has 0 atom stereocenters. The van der Waals surface area contributed by atoms with E-state index in [-0.39, 0.29) is 29.3 Å². The van der Waals surface area contributed by atoms with Crippen LogP contribution in [0.5, 0.6) is 11.5 Å². The Labute approximate surface area is 167 Å². The van der Waals surface area contributed by atoms with Crippen molar-refractivity contribution in [2.75, 3.05) is 6.61 Å². The number of nitro benzene ring substituents is 1. The van der Waals surface area contributed by atoms with Crippen molar-refractivity contribution in [1.29, 1.82) is 0 Å². The van der Waals surface area contributed by atoms with Crippen molar-refractivity contribution in [2.45, 2.75) is 25.2 Å². The van der Waals surface area contributed by atoms with E-state index < -0.39 is 20.9 Å². The predicted molar refractivity (Wildman–Crippen MR) is 104 cm³/mol. The molecule has 0 saturated carbocycles. The molecule has 0 saturated heterocycles. The van der Waals surface area contributed by atoms with Crippen LogP contribution in [-0.4, -0.2) is 31.6 Å². The Morgan fingerprint density at radius 3 is 2.17 bits per heavy atom. The number of nitrogens with one attached hydrogen (secondary N) is 1. The summed E-state index contributed by atoms with van der Waals surface area (Å²) in [6.07, 6.45) is -0.127. The Morgan fingerprint density at radius 2 is 1.66 bits per heavy atom. The maximum absolute atomic E-state index is 12.3. The van der Waals surface area contributed by atoms with Crippen LogP contribution in [0, 0.1) is 10.1 Å². The molecule has 154 valence electrons. The molecule has 0 fully saturated rings. The summed E-state index contributed by atoms with van der Waals surface area (Å²) < 4.78 is 34.9. The van der Waals surface area contributed by atoms with Crippen molar-refractivity contribution in [3.8, 4) is 11.5 Å². The van der Waals surface area contributed by atoms with Gasteiger partial charge in [0, 0.05) is 17.8 Å². The molecular formula is C18H19N3O7S. The molecule has 0 amide bonds. The summed E-state index contributed by atoms with van der Waals surface area (Å²) in [5.41, 5.74) is 0.189. The van der Waals surface area contributed by atoms with Gasteiger partial charge in [-0.25, -0.2) is 4.83 Å². The van der Waals surface area contributed by atoms with Crippen molar-refractivity contribution < 1.29 is 27.6 Å². The van der Waals surface area contributed by atoms with E-state index in [1.807, 2.05) is 0 Å². The lowest BCUT2D eigenvalue weighted by Crippen LogP contribution is -2.20. The number of benzene rings is 2. The zero-order valence-electron chi connectivity index (χ0n) is 15.7. The summed E-state index contributed by atoms with van der Waals surface area (Å²) in [4.78, 5) is 23.5. The first-order valence-corrected chi connectivity index (χ1v) is 9.92. The van der Waals surface area contributed by atoms with Gasteiger partial charge in [0.15, 0.2) is 0 Å². The monoisotopic (exact) mass is 421 g/mol. The summed E-state index contributed by atoms with van der Waals surface area (Å²) in [5.74, 6) is 0.212. The maximum atomic E-state index is 12.3. The van der Waals surface area contributed by atoms with Crippen LogP contribution in [0.15, 0.2) is 58.5 Å². The topological polar surface area (TPSA) is 137 Å². The van der Waals surface area contributed by atoms with Gasteiger partial charge in [-0.1, -0.05) is 0 Å². The third kappa shape index (κ3) is 6.57. The number of nitro groups is 1. The van der Waals surface area contributed by atoms with Crippen molar-refractivity contribution in [1.82, 2.24) is 4.83 Å². The molecule has 0 aliphatic heterocycles. The lowest BCUT2D eigenvalue weighted by molar-refractivity contribution is -0.384. The first kappa shape index (κ1) is 21.8. The highest BCUT2D eigenvalue weighted by molar-refractivity contribution is 7.89. The van der Waals surface area contributed by atoms with E-state index in [1.54, 1.807) is 6.92 Å². The predicted octanol–water partition coefficient (Wildman–Crippen LogP) is 2.99. The molecule has 2 rings (SSSR count). The second-order valence-corrected chi connectivity index (χ2v) is 7.41. The summed E-state index contributed by atoms with van der Waals surface area (Å²) in [6, 6.07) is 11.0. The first-order chi connectivity index (χ1) is 13.7. The highest BCUT2D eigenvalue weighted by atomic mass is 32.2. The van der Waals surface area contributed by atoms with Gasteiger partial charge in [0.1, 0.15) is 11.5 Å². The van der Waals surface area contributed by atoms with Crippen LogP contribution < -0.4 is 9.57 Å². The van der Waals surface area contributed by atoms with E-state index in [0.29, 0.717) is 11.5 Å². The average Bonchev–Trinajstić information content (AvgIpc) is 2.67. The van der Waals surface area contributed by atoms with E-state index in [1.165, 1.54) is 55.5 Å². The van der Waals surface area contributed by atoms with Gasteiger partial charge in [-0.05, 0) is 50.2 Å². The molecule has 0 bridgehead atoms. The number of carbonyl (C=O) groups is 1. The Hall–Kier alpha value is -3.47. The van der Waals surface area contributed by atoms with Gasteiger partial charge in [0.25, 0.3) is 15.7 Å². The normalized spacial score (nSPS) is 11.6. The van der Waals surface area contributed by atoms with E-state index in [2.05, 4.69) is 9.93 Å². The van der Waals surface area contributed by atoms with Crippen LogP contribution in [0.4, 0.5) is 5.69 Å². The largest absolute Gasteiger partial charge is 0.466 e. The van der Waals surface area contributed by atoms with Gasteiger partial charge in [-0.15, -0.1) is 0 Å². The first-order valence-electron chi connectivity index (χ1n) is 8.44. The Bertz CT molecular complexity index is 1000. The quantitative estimate of drug-likeness (QED) is 0.284. The number of sulfonamides is 1. The van der Waals surface area contributed by atoms with Gasteiger partial charge in [-0.2, -0.15) is 13.5 Å². The molecule has 0 unspecified atom stereocenters. The van der Waals surface area contributed by atoms with Gasteiger partial charge in [-0.3, -0.25) is 14.9 Å². The third-order valence-corrected chi connectivity index (χ3v) is 4.70. The molecule has 0 aliphatic rings. The van der Waals surface area contributed by atoms with Crippen molar-refractivity contribution in [3.63, 3.8) is 0 Å². The minimum atomic E-state index is -3.93. The third-order valence-electron chi connectivity index (χ3n) is 3.48. The molecule has 0 radical (unpaired) electrons. The van der Waals surface area contributed by atoms with Gasteiger partial charge in [0.05, 0.1) is 22.8 Å². The maximum Gasteiger partial charge on any atom is 0.311 e. The molecule has 1 N–H and O–H groups in total. The second kappa shape index (κ2) is 9.64. The molecule has 10 nitrogen and oxygen atoms in total. The summed E-state index contributed by atoms with van der Waals surface area (Å²) >= 11 is 0. The number of carbonyl (C=O) groups excluding carboxylic acids is 1. The fourth-order valence-electron chi connectivity index (χ4n) is 2.11. The summed E-state index contributed by atoms with van der Waals surface area (Å²) in [7, 11) is -3.93. The molecular weight excluding hydrogens is 402 g/mol. The van der Waals surface area contributed by atoms with Gasteiger partial charge >= 0.3 is 5.97 Å². The second-order valence-electron chi connectivity index (χ2n) is 5.75. The number of rotatable bonds is 9. The van der Waals surface area contributed by atoms with Crippen molar-refractivity contribution in [2.24, 2.45) is 5.10 Å². The Kier molecular flexibility index (Phi) is 7.26. The minimum absolute atomic E-state index is 0.0544. The fourth-order valence-corrected chi connectivity index (χ4v) is 2.99. The molecule has 11 heteroatoms. The van der Waals surface area contributed by atoms with Crippen LogP contribution in [0.25, 0.3) is 0 Å². The van der Waals surface area contributed by atoms with Gasteiger partial charge in [0.2, 0.25) is 0 Å². The number of non-ortho nitro benzene ring substituents is 1. The molecule has 2 aromatic carbocycles. The summed E-state index contributed by atoms with van der Waals surface area (Å²) in [5, 5.41) is 14.3. The molecule has 0 spiro atoms. The van der Waals surface area contributed by atoms with E-state index in [4.69, 9.17) is 9.47 Å². The van der Waals surface area contributed by atoms with Gasteiger partial charge < -0.3 is 9.47 Å². The van der Waals surface area contributed by atoms with E-state index >= 15 is 0 Å². The Balaban J connectivity index is 2.02. The zero-order valence-corrected chi connectivity index (χ0v) is 16.5. The Morgan fingerprint density at radius 1 is 1.10 bits per heavy atom. The molecule has 29 heavy (non-hydrogen) atoms. The van der Waals surface area contributed by atoms with Crippen LogP contribution in [0.1, 0.15) is 20.3 Å². The van der Waals surface area contributed by atoms with Crippen LogP contribution in [0.3, 0.4) is 0 Å². The van der Waals surface area contributed by atoms with Crippen molar-refractivity contribution >= 4 is 27.4 Å². The minimum Gasteiger partial charge on any atom is -0.466 e. The number of hydrogen-bond donors (Lipinski definition) is 1. The zero-order chi connectivity index (χ0) is 21.4. The molecule has 0 heterocycles. The summed E-state index contributed by atoms with van der Waals surface area (Å²) in [6.45, 7) is 3.40. The highest BCUT2D eigenvalue weighted by Crippen LogP contribution is 2.24. The lowest BCUT2D eigenvalue weighted by atomic mass is 10.3. The number of nitrogens with zero attached hydrogens (tertiary/aromatic N) is 2. The standard InChI is InChI=1S/C18H19N3O7S/c1-3-27-18(22)12-13(2)19-20-29(25,26)17-10-8-16(9-11-17)28-15-6-4-14(5-7-15)21(23)24/h4-11,20H,3,12H2,1-2H3. The molecule has 2 aromatic rings. The van der Waals surface area contributed by atoms with Crippen molar-refractivity contribution in [3.05, 3.63) is 58.6 Å². The molecule has 0 aromatic heterocycles. The van der Waals surface area contributed by atoms with E-state index in [0.717, 1.165) is 0 Å². The number of ether oxygens (including phenoxy) is 2. The number of hydrogen-bond acceptors (Lipinski definition) is 8. The van der Waals surface area contributed by atoms with Crippen LogP contribution in [-0.2, 0) is 19.6 Å². The van der Waals surface area contributed by atoms with E-state index in [9.17, 15) is 23.3 Å². The lowest BCUT2D eigenvalue weighted by Gasteiger charge is -2.08. The number of hydrazone groups is 1. The number of esters is 1. The van der Waals surface area contributed by atoms with Crippen LogP contribution in [0.2, 0.25) is 0 Å². The average molecular weight is 421 g/mol. The highest BCUT2D eigenvalue weighted by Gasteiger charge is 2.14.